The molecule has 2 N–H and O–H groups in total. The molecule has 2 amide bonds. The van der Waals surface area contributed by atoms with Gasteiger partial charge in [-0.25, -0.2) is 4.79 Å². The molecular weight excluding hydrogens is 302 g/mol. The predicted octanol–water partition coefficient (Wildman–Crippen LogP) is 2.20. The number of benzene rings is 1. The Kier molecular flexibility index (Phi) is 6.10. The summed E-state index contributed by atoms with van der Waals surface area (Å²) in [5.74, 6) is 0.241. The Morgan fingerprint density at radius 2 is 1.79 bits per heavy atom. The van der Waals surface area contributed by atoms with Crippen LogP contribution >= 0.6 is 0 Å². The normalized spacial score (nSPS) is 21.9. The van der Waals surface area contributed by atoms with Gasteiger partial charge < -0.3 is 15.3 Å². The van der Waals surface area contributed by atoms with E-state index in [1.807, 2.05) is 0 Å². The van der Waals surface area contributed by atoms with Gasteiger partial charge in [-0.05, 0) is 43.5 Å². The minimum atomic E-state index is -0.0247. The zero-order chi connectivity index (χ0) is 16.8. The van der Waals surface area contributed by atoms with Gasteiger partial charge in [-0.3, -0.25) is 4.90 Å². The minimum absolute atomic E-state index is 0.0247. The Morgan fingerprint density at radius 3 is 2.46 bits per heavy atom. The molecule has 0 spiro atoms. The van der Waals surface area contributed by atoms with E-state index >= 15 is 0 Å². The summed E-state index contributed by atoms with van der Waals surface area (Å²) >= 11 is 0. The molecule has 5 nitrogen and oxygen atoms in total. The van der Waals surface area contributed by atoms with Crippen molar-refractivity contribution in [3.8, 4) is 0 Å². The standard InChI is InChI=1S/C19H29N3O2/c23-15-18-8-11-22(14-18)19(24)20-12-16-4-6-17(7-5-16)13-21-9-2-1-3-10-21/h4-7,18,23H,1-3,8-15H2,(H,20,24). The van der Waals surface area contributed by atoms with Crippen LogP contribution in [0.5, 0.6) is 0 Å². The van der Waals surface area contributed by atoms with Crippen LogP contribution in [0.1, 0.15) is 36.8 Å². The van der Waals surface area contributed by atoms with Gasteiger partial charge in [0.2, 0.25) is 0 Å². The van der Waals surface area contributed by atoms with Crippen molar-refractivity contribution in [1.29, 1.82) is 0 Å². The minimum Gasteiger partial charge on any atom is -0.396 e. The largest absolute Gasteiger partial charge is 0.396 e. The molecule has 0 aromatic heterocycles. The van der Waals surface area contributed by atoms with Crippen LogP contribution in [0.25, 0.3) is 0 Å². The van der Waals surface area contributed by atoms with Crippen molar-refractivity contribution in [2.45, 2.75) is 38.8 Å². The lowest BCUT2D eigenvalue weighted by Crippen LogP contribution is -2.38. The number of amides is 2. The molecule has 0 bridgehead atoms. The molecule has 0 saturated carbocycles. The number of piperidine rings is 1. The summed E-state index contributed by atoms with van der Waals surface area (Å²) in [5.41, 5.74) is 2.47. The highest BCUT2D eigenvalue weighted by Gasteiger charge is 2.25. The summed E-state index contributed by atoms with van der Waals surface area (Å²) in [4.78, 5) is 16.5. The van der Waals surface area contributed by atoms with Crippen molar-refractivity contribution < 1.29 is 9.90 Å². The Hall–Kier alpha value is -1.59. The van der Waals surface area contributed by atoms with E-state index in [1.54, 1.807) is 4.90 Å². The van der Waals surface area contributed by atoms with E-state index in [-0.39, 0.29) is 18.6 Å². The molecule has 0 radical (unpaired) electrons. The molecule has 132 valence electrons. The number of urea groups is 1. The highest BCUT2D eigenvalue weighted by atomic mass is 16.3. The molecule has 1 aromatic carbocycles. The SMILES string of the molecule is O=C(NCc1ccc(CN2CCCCC2)cc1)N1CCC(CO)C1. The van der Waals surface area contributed by atoms with Crippen molar-refractivity contribution in [2.75, 3.05) is 32.8 Å². The first-order valence-corrected chi connectivity index (χ1v) is 9.18. The van der Waals surface area contributed by atoms with Crippen molar-refractivity contribution in [1.82, 2.24) is 15.1 Å². The van der Waals surface area contributed by atoms with Crippen molar-refractivity contribution in [3.63, 3.8) is 0 Å². The van der Waals surface area contributed by atoms with E-state index in [1.165, 1.54) is 37.9 Å². The van der Waals surface area contributed by atoms with E-state index in [2.05, 4.69) is 34.5 Å². The smallest absolute Gasteiger partial charge is 0.317 e. The van der Waals surface area contributed by atoms with E-state index in [0.29, 0.717) is 13.1 Å². The zero-order valence-electron chi connectivity index (χ0n) is 14.4. The second-order valence-electron chi connectivity index (χ2n) is 7.10. The topological polar surface area (TPSA) is 55.8 Å². The molecule has 2 aliphatic heterocycles. The Bertz CT molecular complexity index is 526. The number of aliphatic hydroxyl groups is 1. The molecular formula is C19H29N3O2. The van der Waals surface area contributed by atoms with Gasteiger partial charge in [0.1, 0.15) is 0 Å². The third-order valence-electron chi connectivity index (χ3n) is 5.15. The number of aliphatic hydroxyl groups excluding tert-OH is 1. The fourth-order valence-corrected chi connectivity index (χ4v) is 3.59. The van der Waals surface area contributed by atoms with Crippen LogP contribution in [0.3, 0.4) is 0 Å². The monoisotopic (exact) mass is 331 g/mol. The van der Waals surface area contributed by atoms with Gasteiger partial charge in [0.05, 0.1) is 0 Å². The molecule has 1 unspecified atom stereocenters. The van der Waals surface area contributed by atoms with Gasteiger partial charge in [0.15, 0.2) is 0 Å². The number of nitrogens with one attached hydrogen (secondary N) is 1. The van der Waals surface area contributed by atoms with Gasteiger partial charge in [-0.1, -0.05) is 30.7 Å². The van der Waals surface area contributed by atoms with Crippen LogP contribution in [0.2, 0.25) is 0 Å². The molecule has 5 heteroatoms. The van der Waals surface area contributed by atoms with Gasteiger partial charge in [0, 0.05) is 38.7 Å². The molecule has 1 atom stereocenters. The molecule has 24 heavy (non-hydrogen) atoms. The number of hydrogen-bond acceptors (Lipinski definition) is 3. The Morgan fingerprint density at radius 1 is 1.08 bits per heavy atom. The third kappa shape index (κ3) is 4.71. The van der Waals surface area contributed by atoms with Crippen LogP contribution in [-0.4, -0.2) is 53.7 Å². The molecule has 1 aromatic rings. The maximum absolute atomic E-state index is 12.1. The van der Waals surface area contributed by atoms with Crippen LogP contribution in [0.15, 0.2) is 24.3 Å². The van der Waals surface area contributed by atoms with Crippen molar-refractivity contribution in [2.24, 2.45) is 5.92 Å². The van der Waals surface area contributed by atoms with Crippen molar-refractivity contribution >= 4 is 6.03 Å². The highest BCUT2D eigenvalue weighted by molar-refractivity contribution is 5.74. The lowest BCUT2D eigenvalue weighted by Gasteiger charge is -2.26. The molecule has 2 aliphatic rings. The van der Waals surface area contributed by atoms with E-state index in [4.69, 9.17) is 5.11 Å². The summed E-state index contributed by atoms with van der Waals surface area (Å²) < 4.78 is 0. The maximum Gasteiger partial charge on any atom is 0.317 e. The molecule has 2 heterocycles. The summed E-state index contributed by atoms with van der Waals surface area (Å²) in [6, 6.07) is 8.55. The number of likely N-dealkylation sites (tertiary alicyclic amines) is 2. The maximum atomic E-state index is 12.1. The second-order valence-corrected chi connectivity index (χ2v) is 7.10. The van der Waals surface area contributed by atoms with E-state index in [0.717, 1.165) is 25.1 Å². The summed E-state index contributed by atoms with van der Waals surface area (Å²) in [7, 11) is 0. The summed E-state index contributed by atoms with van der Waals surface area (Å²) in [6.07, 6.45) is 4.90. The lowest BCUT2D eigenvalue weighted by molar-refractivity contribution is 0.198. The van der Waals surface area contributed by atoms with Crippen LogP contribution in [0.4, 0.5) is 4.79 Å². The first-order valence-electron chi connectivity index (χ1n) is 9.18. The van der Waals surface area contributed by atoms with Crippen LogP contribution in [0, 0.1) is 5.92 Å². The predicted molar refractivity (Wildman–Crippen MR) is 94.6 cm³/mol. The third-order valence-corrected chi connectivity index (χ3v) is 5.15. The summed E-state index contributed by atoms with van der Waals surface area (Å²) in [6.45, 7) is 5.59. The first-order chi connectivity index (χ1) is 11.7. The first kappa shape index (κ1) is 17.2. The number of carbonyl (C=O) groups excluding carboxylic acids is 1. The molecule has 2 saturated heterocycles. The van der Waals surface area contributed by atoms with Gasteiger partial charge in [-0.15, -0.1) is 0 Å². The molecule has 3 rings (SSSR count). The van der Waals surface area contributed by atoms with Gasteiger partial charge in [-0.2, -0.15) is 0 Å². The molecule has 2 fully saturated rings. The fraction of sp³-hybridized carbons (Fsp3) is 0.632. The second kappa shape index (κ2) is 8.49. The van der Waals surface area contributed by atoms with Gasteiger partial charge >= 0.3 is 6.03 Å². The average molecular weight is 331 g/mol. The van der Waals surface area contributed by atoms with Crippen LogP contribution < -0.4 is 5.32 Å². The highest BCUT2D eigenvalue weighted by Crippen LogP contribution is 2.16. The summed E-state index contributed by atoms with van der Waals surface area (Å²) in [5, 5.41) is 12.1. The van der Waals surface area contributed by atoms with Crippen molar-refractivity contribution in [3.05, 3.63) is 35.4 Å². The molecule has 0 aliphatic carbocycles. The van der Waals surface area contributed by atoms with E-state index < -0.39 is 0 Å². The zero-order valence-corrected chi connectivity index (χ0v) is 14.4. The number of carbonyl (C=O) groups is 1. The number of hydrogen-bond donors (Lipinski definition) is 2. The van der Waals surface area contributed by atoms with E-state index in [9.17, 15) is 4.79 Å². The number of nitrogens with zero attached hydrogens (tertiary/aromatic N) is 2. The quantitative estimate of drug-likeness (QED) is 0.870. The average Bonchev–Trinajstić information content (AvgIpc) is 3.11. The van der Waals surface area contributed by atoms with Gasteiger partial charge in [0.25, 0.3) is 0 Å². The number of rotatable bonds is 5. The Balaban J connectivity index is 1.43. The Labute approximate surface area is 144 Å². The van der Waals surface area contributed by atoms with Crippen LogP contribution in [-0.2, 0) is 13.1 Å². The fourth-order valence-electron chi connectivity index (χ4n) is 3.59. The lowest BCUT2D eigenvalue weighted by atomic mass is 10.1.